The highest BCUT2D eigenvalue weighted by molar-refractivity contribution is 6.11. The number of rotatable bonds is 8. The number of pyridine rings is 1. The predicted octanol–water partition coefficient (Wildman–Crippen LogP) is 4.33. The van der Waals surface area contributed by atoms with Gasteiger partial charge in [-0.3, -0.25) is 9.59 Å². The first-order valence-corrected chi connectivity index (χ1v) is 13.1. The quantitative estimate of drug-likeness (QED) is 0.327. The van der Waals surface area contributed by atoms with Crippen molar-refractivity contribution < 1.29 is 36.3 Å². The fourth-order valence-corrected chi connectivity index (χ4v) is 4.82. The van der Waals surface area contributed by atoms with Gasteiger partial charge in [0.25, 0.3) is 11.8 Å². The number of benzene rings is 1. The molecule has 224 valence electrons. The Morgan fingerprint density at radius 2 is 1.91 bits per heavy atom. The summed E-state index contributed by atoms with van der Waals surface area (Å²) in [6.45, 7) is -1.33. The Kier molecular flexibility index (Phi) is 7.51. The zero-order chi connectivity index (χ0) is 31.1. The summed E-state index contributed by atoms with van der Waals surface area (Å²) in [7, 11) is 4.40. The molecule has 0 unspecified atom stereocenters. The van der Waals surface area contributed by atoms with Gasteiger partial charge in [-0.25, -0.2) is 4.39 Å². The highest BCUT2D eigenvalue weighted by Gasteiger charge is 2.45. The smallest absolute Gasteiger partial charge is 0.405 e. The Labute approximate surface area is 243 Å². The van der Waals surface area contributed by atoms with Crippen LogP contribution in [0, 0.1) is 17.1 Å². The number of amides is 2. The molecule has 2 aliphatic rings. The van der Waals surface area contributed by atoms with Gasteiger partial charge in [-0.2, -0.15) is 23.4 Å². The van der Waals surface area contributed by atoms with Crippen molar-refractivity contribution in [3.05, 3.63) is 64.8 Å². The summed E-state index contributed by atoms with van der Waals surface area (Å²) in [5, 5.41) is 17.2. The Balaban J connectivity index is 1.70. The number of halogens is 4. The van der Waals surface area contributed by atoms with E-state index in [4.69, 9.17) is 9.15 Å². The number of likely N-dealkylation sites (N-methyl/N-ethyl adjacent to an activating group) is 1. The lowest BCUT2D eigenvalue weighted by Crippen LogP contribution is -2.39. The second-order valence-corrected chi connectivity index (χ2v) is 10.2. The zero-order valence-corrected chi connectivity index (χ0v) is 23.3. The Morgan fingerprint density at radius 3 is 2.49 bits per heavy atom. The van der Waals surface area contributed by atoms with Crippen LogP contribution in [0.2, 0.25) is 0 Å². The molecule has 10 nitrogen and oxygen atoms in total. The number of hydrogen-bond donors (Lipinski definition) is 3. The number of carbonyl (C=O) groups excluding carboxylic acids is 2. The molecule has 0 bridgehead atoms. The largest absolute Gasteiger partial charge is 0.482 e. The number of carbonyl (C=O) groups is 2. The van der Waals surface area contributed by atoms with E-state index in [2.05, 4.69) is 27.0 Å². The molecule has 2 aromatic heterocycles. The lowest BCUT2D eigenvalue weighted by atomic mass is 9.97. The number of nitrogens with zero attached hydrogens (tertiary/aromatic N) is 3. The molecule has 5 rings (SSSR count). The summed E-state index contributed by atoms with van der Waals surface area (Å²) in [6.07, 6.45) is -2.15. The average molecular weight is 599 g/mol. The number of hydrogen-bond acceptors (Lipinski definition) is 8. The minimum atomic E-state index is -4.59. The van der Waals surface area contributed by atoms with E-state index in [1.165, 1.54) is 50.6 Å². The van der Waals surface area contributed by atoms with E-state index in [-0.39, 0.29) is 51.8 Å². The maximum atomic E-state index is 13.6. The van der Waals surface area contributed by atoms with Gasteiger partial charge in [-0.05, 0) is 54.8 Å². The Hall–Kier alpha value is -5.06. The van der Waals surface area contributed by atoms with Gasteiger partial charge in [0.1, 0.15) is 29.5 Å². The van der Waals surface area contributed by atoms with Crippen molar-refractivity contribution in [2.24, 2.45) is 0 Å². The summed E-state index contributed by atoms with van der Waals surface area (Å²) < 4.78 is 64.9. The van der Waals surface area contributed by atoms with Crippen LogP contribution in [-0.2, 0) is 9.53 Å². The summed E-state index contributed by atoms with van der Waals surface area (Å²) in [5.41, 5.74) is -0.126. The highest BCUT2D eigenvalue weighted by atomic mass is 19.4. The van der Waals surface area contributed by atoms with Crippen molar-refractivity contribution in [2.75, 3.05) is 39.6 Å². The lowest BCUT2D eigenvalue weighted by molar-refractivity contribution is -0.118. The monoisotopic (exact) mass is 598 g/mol. The standard InChI is InChI=1S/C29H26F4N6O4/c1-35-25(41)21-19-11-18(16-10-20(27(42-3)39(2)12-16)24(40)38-28(13-34)8-9-28)23(36-14-29(31,32)33)37-26(19)43-22(21)15-4-6-17(30)7-5-15/h4-7,10-11H,8-9,12,14H2,1-3H3,(H,35,41)(H,36,37)(H,38,40). The number of anilines is 1. The van der Waals surface area contributed by atoms with Crippen LogP contribution in [0.3, 0.4) is 0 Å². The number of nitrogens with one attached hydrogen (secondary N) is 3. The molecule has 3 N–H and O–H groups in total. The first kappa shape index (κ1) is 29.4. The molecular formula is C29H26F4N6O4. The van der Waals surface area contributed by atoms with E-state index in [1.807, 2.05) is 0 Å². The minimum Gasteiger partial charge on any atom is -0.482 e. The van der Waals surface area contributed by atoms with Crippen LogP contribution in [0.25, 0.3) is 28.0 Å². The van der Waals surface area contributed by atoms with Crippen molar-refractivity contribution in [3.63, 3.8) is 0 Å². The third-order valence-electron chi connectivity index (χ3n) is 7.10. The Bertz CT molecular complexity index is 1720. The molecule has 1 aromatic carbocycles. The SMILES string of the molecule is CNC(=O)c1c(-c2ccc(F)cc2)oc2nc(NCC(F)(F)F)c(C3=CC(C(=O)NC4(C#N)CC4)=C(OC)N(C)C3)cc12. The molecule has 1 fully saturated rings. The van der Waals surface area contributed by atoms with E-state index < -0.39 is 35.9 Å². The third-order valence-corrected chi connectivity index (χ3v) is 7.10. The molecular weight excluding hydrogens is 572 g/mol. The number of fused-ring (bicyclic) bond motifs is 1. The van der Waals surface area contributed by atoms with Crippen LogP contribution in [0.4, 0.5) is 23.4 Å². The van der Waals surface area contributed by atoms with Crippen LogP contribution >= 0.6 is 0 Å². The second-order valence-electron chi connectivity index (χ2n) is 10.2. The van der Waals surface area contributed by atoms with Crippen molar-refractivity contribution in [3.8, 4) is 17.4 Å². The maximum Gasteiger partial charge on any atom is 0.405 e. The molecule has 1 aliphatic carbocycles. The van der Waals surface area contributed by atoms with E-state index in [1.54, 1.807) is 11.9 Å². The van der Waals surface area contributed by atoms with Crippen LogP contribution in [0.1, 0.15) is 28.8 Å². The van der Waals surface area contributed by atoms with Gasteiger partial charge in [0, 0.05) is 31.8 Å². The van der Waals surface area contributed by atoms with Gasteiger partial charge < -0.3 is 30.0 Å². The normalized spacial score (nSPS) is 16.0. The third kappa shape index (κ3) is 5.83. The molecule has 14 heteroatoms. The maximum absolute atomic E-state index is 13.6. The second kappa shape index (κ2) is 11.0. The number of ether oxygens (including phenoxy) is 1. The highest BCUT2D eigenvalue weighted by Crippen LogP contribution is 2.39. The van der Waals surface area contributed by atoms with Crippen molar-refractivity contribution in [1.82, 2.24) is 20.5 Å². The molecule has 0 radical (unpaired) electrons. The van der Waals surface area contributed by atoms with Crippen LogP contribution in [0.15, 0.2) is 52.3 Å². The molecule has 3 aromatic rings. The van der Waals surface area contributed by atoms with Gasteiger partial charge in [0.15, 0.2) is 0 Å². The first-order chi connectivity index (χ1) is 20.4. The van der Waals surface area contributed by atoms with Crippen molar-refractivity contribution in [1.29, 1.82) is 5.26 Å². The number of methoxy groups -OCH3 is 1. The summed E-state index contributed by atoms with van der Waals surface area (Å²) in [4.78, 5) is 32.3. The van der Waals surface area contributed by atoms with Crippen molar-refractivity contribution >= 4 is 34.3 Å². The fourth-order valence-electron chi connectivity index (χ4n) is 4.82. The van der Waals surface area contributed by atoms with E-state index in [9.17, 15) is 32.4 Å². The molecule has 0 spiro atoms. The topological polar surface area (TPSA) is 133 Å². The van der Waals surface area contributed by atoms with E-state index in [0.717, 1.165) is 0 Å². The molecule has 2 amide bonds. The van der Waals surface area contributed by atoms with E-state index >= 15 is 0 Å². The number of alkyl halides is 3. The molecule has 3 heterocycles. The van der Waals surface area contributed by atoms with Gasteiger partial charge in [0.05, 0.1) is 29.7 Å². The number of nitriles is 1. The summed E-state index contributed by atoms with van der Waals surface area (Å²) in [6, 6.07) is 8.71. The Morgan fingerprint density at radius 1 is 1.21 bits per heavy atom. The number of aromatic nitrogens is 1. The first-order valence-electron chi connectivity index (χ1n) is 13.1. The van der Waals surface area contributed by atoms with Gasteiger partial charge in [-0.1, -0.05) is 0 Å². The molecule has 43 heavy (non-hydrogen) atoms. The fraction of sp³-hybridized carbons (Fsp3) is 0.310. The summed E-state index contributed by atoms with van der Waals surface area (Å²) in [5.74, 6) is -1.63. The number of furan rings is 1. The molecule has 1 saturated carbocycles. The molecule has 0 saturated heterocycles. The molecule has 1 aliphatic heterocycles. The lowest BCUT2D eigenvalue weighted by Gasteiger charge is -2.29. The van der Waals surface area contributed by atoms with Gasteiger partial charge in [0.2, 0.25) is 11.6 Å². The van der Waals surface area contributed by atoms with Crippen LogP contribution in [-0.4, -0.2) is 67.7 Å². The summed E-state index contributed by atoms with van der Waals surface area (Å²) >= 11 is 0. The van der Waals surface area contributed by atoms with Crippen LogP contribution < -0.4 is 16.0 Å². The van der Waals surface area contributed by atoms with Gasteiger partial charge >= 0.3 is 6.18 Å². The van der Waals surface area contributed by atoms with Crippen molar-refractivity contribution in [2.45, 2.75) is 24.6 Å². The zero-order valence-electron chi connectivity index (χ0n) is 23.3. The molecule has 0 atom stereocenters. The van der Waals surface area contributed by atoms with Crippen LogP contribution in [0.5, 0.6) is 0 Å². The predicted molar refractivity (Wildman–Crippen MR) is 148 cm³/mol. The minimum absolute atomic E-state index is 0.0424. The van der Waals surface area contributed by atoms with E-state index in [0.29, 0.717) is 24.0 Å². The van der Waals surface area contributed by atoms with Gasteiger partial charge in [-0.15, -0.1) is 0 Å². The average Bonchev–Trinajstić information content (AvgIpc) is 3.65.